The molecule has 0 aromatic heterocycles. The van der Waals surface area contributed by atoms with Crippen molar-refractivity contribution in [1.82, 2.24) is 10.6 Å². The van der Waals surface area contributed by atoms with Crippen LogP contribution in [0.15, 0.2) is 0 Å². The third kappa shape index (κ3) is 7.32. The van der Waals surface area contributed by atoms with Gasteiger partial charge in [-0.1, -0.05) is 13.3 Å². The topological polar surface area (TPSA) is 24.1 Å². The number of terminal acetylenes is 1. The zero-order chi connectivity index (χ0) is 6.95. The Bertz CT molecular complexity index is 83.4. The van der Waals surface area contributed by atoms with E-state index in [-0.39, 0.29) is 0 Å². The molecule has 0 aromatic rings. The van der Waals surface area contributed by atoms with Gasteiger partial charge in [-0.25, -0.2) is 0 Å². The molecule has 52 valence electrons. The summed E-state index contributed by atoms with van der Waals surface area (Å²) in [6, 6.07) is 2.35. The minimum atomic E-state index is 0.858. The van der Waals surface area contributed by atoms with E-state index < -0.39 is 0 Å². The van der Waals surface area contributed by atoms with Crippen LogP contribution in [0.3, 0.4) is 0 Å². The highest BCUT2D eigenvalue weighted by atomic mass is 14.9. The largest absolute Gasteiger partial charge is 0.345 e. The van der Waals surface area contributed by atoms with Gasteiger partial charge in [0.15, 0.2) is 0 Å². The summed E-state index contributed by atoms with van der Waals surface area (Å²) >= 11 is 0. The van der Waals surface area contributed by atoms with Crippen LogP contribution in [0.25, 0.3) is 0 Å². The second kappa shape index (κ2) is 7.32. The third-order valence-corrected chi connectivity index (χ3v) is 0.956. The molecule has 0 rings (SSSR count). The van der Waals surface area contributed by atoms with E-state index in [1.54, 1.807) is 0 Å². The van der Waals surface area contributed by atoms with E-state index in [2.05, 4.69) is 23.6 Å². The molecule has 0 spiro atoms. The van der Waals surface area contributed by atoms with Gasteiger partial charge in [-0.15, -0.1) is 0 Å². The van der Waals surface area contributed by atoms with E-state index >= 15 is 0 Å². The van der Waals surface area contributed by atoms with E-state index in [9.17, 15) is 0 Å². The van der Waals surface area contributed by atoms with Crippen LogP contribution in [0, 0.1) is 12.5 Å². The molecule has 0 saturated carbocycles. The van der Waals surface area contributed by atoms with Crippen LogP contribution < -0.4 is 10.6 Å². The van der Waals surface area contributed by atoms with Crippen LogP contribution in [0.4, 0.5) is 0 Å². The molecular weight excluding hydrogens is 112 g/mol. The second-order valence-corrected chi connectivity index (χ2v) is 1.82. The van der Waals surface area contributed by atoms with E-state index in [0.717, 1.165) is 19.6 Å². The first kappa shape index (κ1) is 8.32. The summed E-state index contributed by atoms with van der Waals surface area (Å²) in [5.74, 6) is 0. The van der Waals surface area contributed by atoms with Gasteiger partial charge < -0.3 is 10.6 Å². The van der Waals surface area contributed by atoms with Crippen LogP contribution in [-0.2, 0) is 0 Å². The molecule has 0 atom stereocenters. The molecule has 0 amide bonds. The fraction of sp³-hybridized carbons (Fsp3) is 0.714. The Hall–Kier alpha value is -0.680. The summed E-state index contributed by atoms with van der Waals surface area (Å²) in [6.07, 6.45) is 6.13. The molecule has 2 nitrogen and oxygen atoms in total. The van der Waals surface area contributed by atoms with Gasteiger partial charge in [0.2, 0.25) is 0 Å². The third-order valence-electron chi connectivity index (χ3n) is 0.956. The summed E-state index contributed by atoms with van der Waals surface area (Å²) in [5, 5.41) is 5.98. The van der Waals surface area contributed by atoms with Gasteiger partial charge in [0.1, 0.15) is 0 Å². The maximum absolute atomic E-state index is 4.95. The summed E-state index contributed by atoms with van der Waals surface area (Å²) in [4.78, 5) is 0. The van der Waals surface area contributed by atoms with Crippen molar-refractivity contribution in [1.29, 1.82) is 0 Å². The average Bonchev–Trinajstić information content (AvgIpc) is 1.89. The van der Waals surface area contributed by atoms with Gasteiger partial charge in [-0.2, -0.15) is 0 Å². The Morgan fingerprint density at radius 1 is 1.33 bits per heavy atom. The van der Waals surface area contributed by atoms with Gasteiger partial charge in [0.05, 0.1) is 0 Å². The van der Waals surface area contributed by atoms with Crippen molar-refractivity contribution in [3.8, 4) is 12.5 Å². The molecule has 0 aliphatic carbocycles. The average molecular weight is 126 g/mol. The fourth-order valence-electron chi connectivity index (χ4n) is 0.525. The molecule has 0 bridgehead atoms. The van der Waals surface area contributed by atoms with Crippen molar-refractivity contribution in [2.24, 2.45) is 0 Å². The summed E-state index contributed by atoms with van der Waals surface area (Å²) in [6.45, 7) is 5.03. The molecule has 2 heteroatoms. The number of rotatable bonds is 5. The standard InChI is InChI=1S/C7H14N2/c1-3-5-9-7-6-8-4-2/h2,8-9H,3,5-7H2,1H3. The number of hydrogen-bond acceptors (Lipinski definition) is 2. The molecular formula is C7H14N2. The number of hydrogen-bond donors (Lipinski definition) is 2. The minimum Gasteiger partial charge on any atom is -0.345 e. The Balaban J connectivity index is 2.69. The van der Waals surface area contributed by atoms with Crippen LogP contribution in [0.2, 0.25) is 0 Å². The first-order chi connectivity index (χ1) is 4.41. The molecule has 2 N–H and O–H groups in total. The van der Waals surface area contributed by atoms with Gasteiger partial charge in [-0.3, -0.25) is 0 Å². The highest BCUT2D eigenvalue weighted by Gasteiger charge is 1.80. The van der Waals surface area contributed by atoms with Crippen LogP contribution >= 0.6 is 0 Å². The summed E-state index contributed by atoms with van der Waals surface area (Å²) in [5.41, 5.74) is 0. The van der Waals surface area contributed by atoms with Crippen LogP contribution in [0.1, 0.15) is 13.3 Å². The first-order valence-electron chi connectivity index (χ1n) is 3.31. The smallest absolute Gasteiger partial charge is 0.0354 e. The second-order valence-electron chi connectivity index (χ2n) is 1.82. The summed E-state index contributed by atoms with van der Waals surface area (Å²) in [7, 11) is 0. The monoisotopic (exact) mass is 126 g/mol. The maximum Gasteiger partial charge on any atom is 0.0354 e. The van der Waals surface area contributed by atoms with E-state index in [4.69, 9.17) is 6.42 Å². The SMILES string of the molecule is C#CNCCNCCC. The Morgan fingerprint density at radius 3 is 2.67 bits per heavy atom. The molecule has 0 aliphatic rings. The molecule has 0 fully saturated rings. The molecule has 0 saturated heterocycles. The van der Waals surface area contributed by atoms with Crippen molar-refractivity contribution >= 4 is 0 Å². The van der Waals surface area contributed by atoms with Crippen molar-refractivity contribution in [3.63, 3.8) is 0 Å². The number of nitrogens with one attached hydrogen (secondary N) is 2. The fourth-order valence-corrected chi connectivity index (χ4v) is 0.525. The lowest BCUT2D eigenvalue weighted by atomic mass is 10.5. The Kier molecular flexibility index (Phi) is 6.77. The van der Waals surface area contributed by atoms with Crippen molar-refractivity contribution in [3.05, 3.63) is 0 Å². The van der Waals surface area contributed by atoms with Gasteiger partial charge in [-0.05, 0) is 13.0 Å². The predicted molar refractivity (Wildman–Crippen MR) is 40.0 cm³/mol. The van der Waals surface area contributed by atoms with E-state index in [1.165, 1.54) is 6.42 Å². The van der Waals surface area contributed by atoms with E-state index in [0.29, 0.717) is 0 Å². The normalized spacial score (nSPS) is 8.44. The van der Waals surface area contributed by atoms with Gasteiger partial charge >= 0.3 is 0 Å². The Labute approximate surface area is 57.0 Å². The zero-order valence-electron chi connectivity index (χ0n) is 5.91. The van der Waals surface area contributed by atoms with Gasteiger partial charge in [0.25, 0.3) is 0 Å². The molecule has 0 aromatic carbocycles. The highest BCUT2D eigenvalue weighted by molar-refractivity contribution is 4.79. The molecule has 0 aliphatic heterocycles. The van der Waals surface area contributed by atoms with E-state index in [1.807, 2.05) is 0 Å². The zero-order valence-corrected chi connectivity index (χ0v) is 5.91. The molecule has 0 heterocycles. The minimum absolute atomic E-state index is 0.858. The van der Waals surface area contributed by atoms with Crippen molar-refractivity contribution < 1.29 is 0 Å². The van der Waals surface area contributed by atoms with Crippen LogP contribution in [0.5, 0.6) is 0 Å². The molecule has 0 unspecified atom stereocenters. The highest BCUT2D eigenvalue weighted by Crippen LogP contribution is 1.66. The lowest BCUT2D eigenvalue weighted by molar-refractivity contribution is 0.657. The quantitative estimate of drug-likeness (QED) is 0.311. The van der Waals surface area contributed by atoms with Gasteiger partial charge in [0, 0.05) is 19.1 Å². The van der Waals surface area contributed by atoms with Crippen LogP contribution in [-0.4, -0.2) is 19.6 Å². The lowest BCUT2D eigenvalue weighted by Crippen LogP contribution is -2.24. The predicted octanol–water partition coefficient (Wildman–Crippen LogP) is 0.166. The Morgan fingerprint density at radius 2 is 2.11 bits per heavy atom. The first-order valence-corrected chi connectivity index (χ1v) is 3.31. The molecule has 0 radical (unpaired) electrons. The van der Waals surface area contributed by atoms with Crippen molar-refractivity contribution in [2.45, 2.75) is 13.3 Å². The van der Waals surface area contributed by atoms with Crippen molar-refractivity contribution in [2.75, 3.05) is 19.6 Å². The molecule has 9 heavy (non-hydrogen) atoms. The summed E-state index contributed by atoms with van der Waals surface area (Å²) < 4.78 is 0. The maximum atomic E-state index is 4.95. The lowest BCUT2D eigenvalue weighted by Gasteiger charge is -1.99.